The van der Waals surface area contributed by atoms with Crippen molar-refractivity contribution < 1.29 is 23.1 Å². The molecule has 2 atom stereocenters. The summed E-state index contributed by atoms with van der Waals surface area (Å²) >= 11 is 0. The van der Waals surface area contributed by atoms with Gasteiger partial charge in [0.15, 0.2) is 0 Å². The number of methoxy groups -OCH3 is 1. The molecule has 150 valence electrons. The van der Waals surface area contributed by atoms with Gasteiger partial charge in [-0.25, -0.2) is 8.42 Å². The maximum atomic E-state index is 13.5. The molecule has 0 aromatic heterocycles. The third-order valence-corrected chi connectivity index (χ3v) is 7.15. The lowest BCUT2D eigenvalue weighted by molar-refractivity contribution is -0.144. The smallest absolute Gasteiger partial charge is 0.308 e. The summed E-state index contributed by atoms with van der Waals surface area (Å²) in [5.74, 6) is -1.08. The highest BCUT2D eigenvalue weighted by atomic mass is 32.2. The van der Waals surface area contributed by atoms with Crippen LogP contribution in [0.2, 0.25) is 0 Å². The monoisotopic (exact) mass is 403 g/mol. The second-order valence-corrected chi connectivity index (χ2v) is 8.90. The lowest BCUT2D eigenvalue weighted by Gasteiger charge is -2.37. The Morgan fingerprint density at radius 3 is 2.32 bits per heavy atom. The predicted octanol–water partition coefficient (Wildman–Crippen LogP) is 3.53. The fraction of sp³-hybridized carbons (Fsp3) is 0.381. The van der Waals surface area contributed by atoms with Gasteiger partial charge in [-0.1, -0.05) is 43.2 Å². The van der Waals surface area contributed by atoms with Crippen LogP contribution in [0.15, 0.2) is 59.5 Å². The van der Waals surface area contributed by atoms with Gasteiger partial charge in [0, 0.05) is 12.6 Å². The van der Waals surface area contributed by atoms with Gasteiger partial charge in [0.05, 0.1) is 17.9 Å². The number of sulfonamides is 1. The van der Waals surface area contributed by atoms with Gasteiger partial charge < -0.3 is 9.84 Å². The molecule has 1 N–H and O–H groups in total. The summed E-state index contributed by atoms with van der Waals surface area (Å²) in [5.41, 5.74) is 0.828. The van der Waals surface area contributed by atoms with Crippen LogP contribution in [0.1, 0.15) is 31.2 Å². The van der Waals surface area contributed by atoms with Crippen molar-refractivity contribution >= 4 is 16.0 Å². The summed E-state index contributed by atoms with van der Waals surface area (Å²) < 4.78 is 33.5. The summed E-state index contributed by atoms with van der Waals surface area (Å²) in [6.07, 6.45) is 2.65. The number of benzene rings is 2. The fourth-order valence-electron chi connectivity index (χ4n) is 3.77. The third-order valence-electron chi connectivity index (χ3n) is 5.26. The molecule has 7 heteroatoms. The molecule has 2 aromatic carbocycles. The van der Waals surface area contributed by atoms with Gasteiger partial charge in [-0.2, -0.15) is 4.31 Å². The van der Waals surface area contributed by atoms with E-state index in [1.165, 1.54) is 23.5 Å². The minimum Gasteiger partial charge on any atom is -0.497 e. The highest BCUT2D eigenvalue weighted by Gasteiger charge is 2.40. The van der Waals surface area contributed by atoms with Crippen molar-refractivity contribution in [3.63, 3.8) is 0 Å². The minimum absolute atomic E-state index is 0.138. The topological polar surface area (TPSA) is 83.9 Å². The second kappa shape index (κ2) is 8.75. The molecular weight excluding hydrogens is 378 g/mol. The number of hydrogen-bond donors (Lipinski definition) is 1. The Bertz CT molecular complexity index is 896. The van der Waals surface area contributed by atoms with E-state index in [9.17, 15) is 18.3 Å². The first-order valence-corrected chi connectivity index (χ1v) is 10.8. The summed E-state index contributed by atoms with van der Waals surface area (Å²) in [6, 6.07) is 14.9. The van der Waals surface area contributed by atoms with Gasteiger partial charge >= 0.3 is 5.97 Å². The van der Waals surface area contributed by atoms with Crippen molar-refractivity contribution in [1.29, 1.82) is 0 Å². The molecule has 0 spiro atoms. The first kappa shape index (κ1) is 20.4. The Balaban J connectivity index is 2.02. The highest BCUT2D eigenvalue weighted by Crippen LogP contribution is 2.34. The van der Waals surface area contributed by atoms with Crippen LogP contribution >= 0.6 is 0 Å². The molecule has 28 heavy (non-hydrogen) atoms. The number of rotatable bonds is 7. The maximum Gasteiger partial charge on any atom is 0.308 e. The first-order valence-electron chi connectivity index (χ1n) is 9.36. The van der Waals surface area contributed by atoms with E-state index in [1.54, 1.807) is 12.1 Å². The van der Waals surface area contributed by atoms with E-state index in [0.29, 0.717) is 18.6 Å². The van der Waals surface area contributed by atoms with Gasteiger partial charge in [0.1, 0.15) is 5.75 Å². The van der Waals surface area contributed by atoms with Crippen molar-refractivity contribution in [3.05, 3.63) is 60.2 Å². The standard InChI is InChI=1S/C21H25NO5S/c1-27-17-11-13-18(14-12-17)28(25,26)22(15-16-7-3-2-4-8-16)20-10-6-5-9-19(20)21(23)24/h2-4,7-8,11-14,19-20H,5-6,9-10,15H2,1H3,(H,23,24)/t19-,20-/m1/s1. The number of carbonyl (C=O) groups is 1. The molecule has 0 radical (unpaired) electrons. The number of aliphatic carboxylic acids is 1. The van der Waals surface area contributed by atoms with Gasteiger partial charge in [-0.05, 0) is 42.7 Å². The number of nitrogens with zero attached hydrogens (tertiary/aromatic N) is 1. The van der Waals surface area contributed by atoms with Crippen molar-refractivity contribution in [1.82, 2.24) is 4.31 Å². The van der Waals surface area contributed by atoms with Gasteiger partial charge in [-0.15, -0.1) is 0 Å². The van der Waals surface area contributed by atoms with Crippen LogP contribution in [0.25, 0.3) is 0 Å². The van der Waals surface area contributed by atoms with E-state index in [-0.39, 0.29) is 11.4 Å². The molecule has 1 fully saturated rings. The molecule has 0 heterocycles. The van der Waals surface area contributed by atoms with E-state index < -0.39 is 28.0 Å². The van der Waals surface area contributed by atoms with E-state index in [0.717, 1.165) is 18.4 Å². The number of carboxylic acid groups (broad SMARTS) is 1. The normalized spacial score (nSPS) is 20.1. The van der Waals surface area contributed by atoms with Crippen molar-refractivity contribution in [2.75, 3.05) is 7.11 Å². The summed E-state index contributed by atoms with van der Waals surface area (Å²) in [5, 5.41) is 9.69. The Labute approximate surface area is 165 Å². The molecule has 1 aliphatic carbocycles. The molecule has 0 amide bonds. The lowest BCUT2D eigenvalue weighted by Crippen LogP contribution is -2.47. The summed E-state index contributed by atoms with van der Waals surface area (Å²) in [4.78, 5) is 12.0. The van der Waals surface area contributed by atoms with E-state index in [4.69, 9.17) is 4.74 Å². The SMILES string of the molecule is COc1ccc(S(=O)(=O)N(Cc2ccccc2)[C@@H]2CCCC[C@H]2C(=O)O)cc1. The minimum atomic E-state index is -3.88. The molecule has 3 rings (SSSR count). The van der Waals surface area contributed by atoms with Gasteiger partial charge in [0.25, 0.3) is 0 Å². The zero-order valence-electron chi connectivity index (χ0n) is 15.8. The van der Waals surface area contributed by atoms with Crippen LogP contribution < -0.4 is 4.74 Å². The summed E-state index contributed by atoms with van der Waals surface area (Å²) in [6.45, 7) is 0.143. The molecule has 6 nitrogen and oxygen atoms in total. The van der Waals surface area contributed by atoms with E-state index >= 15 is 0 Å². The second-order valence-electron chi connectivity index (χ2n) is 7.01. The predicted molar refractivity (Wildman–Crippen MR) is 106 cm³/mol. The molecule has 1 aliphatic rings. The number of carboxylic acids is 1. The maximum absolute atomic E-state index is 13.5. The first-order chi connectivity index (χ1) is 13.4. The molecule has 0 bridgehead atoms. The molecule has 2 aromatic rings. The van der Waals surface area contributed by atoms with Crippen LogP contribution in [-0.4, -0.2) is 37.0 Å². The third kappa shape index (κ3) is 4.36. The number of ether oxygens (including phenoxy) is 1. The van der Waals surface area contributed by atoms with Crippen LogP contribution in [0.3, 0.4) is 0 Å². The largest absolute Gasteiger partial charge is 0.497 e. The van der Waals surface area contributed by atoms with Crippen molar-refractivity contribution in [3.8, 4) is 5.75 Å². The fourth-order valence-corrected chi connectivity index (χ4v) is 5.45. The van der Waals surface area contributed by atoms with Crippen LogP contribution in [0, 0.1) is 5.92 Å². The van der Waals surface area contributed by atoms with Crippen LogP contribution in [-0.2, 0) is 21.4 Å². The highest BCUT2D eigenvalue weighted by molar-refractivity contribution is 7.89. The summed E-state index contributed by atoms with van der Waals surface area (Å²) in [7, 11) is -2.36. The van der Waals surface area contributed by atoms with Crippen LogP contribution in [0.5, 0.6) is 5.75 Å². The average Bonchev–Trinajstić information content (AvgIpc) is 2.72. The van der Waals surface area contributed by atoms with Gasteiger partial charge in [0.2, 0.25) is 10.0 Å². The van der Waals surface area contributed by atoms with Gasteiger partial charge in [-0.3, -0.25) is 4.79 Å². The molecule has 1 saturated carbocycles. The molecule has 0 saturated heterocycles. The van der Waals surface area contributed by atoms with E-state index in [2.05, 4.69) is 0 Å². The zero-order valence-corrected chi connectivity index (χ0v) is 16.6. The van der Waals surface area contributed by atoms with Crippen LogP contribution in [0.4, 0.5) is 0 Å². The van der Waals surface area contributed by atoms with Crippen molar-refractivity contribution in [2.24, 2.45) is 5.92 Å². The zero-order chi connectivity index (χ0) is 20.1. The average molecular weight is 404 g/mol. The Kier molecular flexibility index (Phi) is 6.36. The molecule has 0 aliphatic heterocycles. The Morgan fingerprint density at radius 2 is 1.71 bits per heavy atom. The Morgan fingerprint density at radius 1 is 1.07 bits per heavy atom. The van der Waals surface area contributed by atoms with E-state index in [1.807, 2.05) is 30.3 Å². The molecular formula is C21H25NO5S. The lowest BCUT2D eigenvalue weighted by atomic mass is 9.84. The quantitative estimate of drug-likeness (QED) is 0.765. The van der Waals surface area contributed by atoms with Crippen molar-refractivity contribution in [2.45, 2.75) is 43.2 Å². The Hall–Kier alpha value is -2.38. The number of hydrogen-bond acceptors (Lipinski definition) is 4. The molecule has 0 unspecified atom stereocenters.